The highest BCUT2D eigenvalue weighted by Gasteiger charge is 2.27. The minimum atomic E-state index is -0.198. The zero-order chi connectivity index (χ0) is 13.0. The SMILES string of the molecule is N#Cc1ccc(NC(=O)N2CCC[C@@H]2CO)cc1. The summed E-state index contributed by atoms with van der Waals surface area (Å²) in [6.45, 7) is 0.675. The van der Waals surface area contributed by atoms with Gasteiger partial charge < -0.3 is 15.3 Å². The van der Waals surface area contributed by atoms with Crippen LogP contribution in [-0.4, -0.2) is 35.2 Å². The number of aliphatic hydroxyl groups excluding tert-OH is 1. The van der Waals surface area contributed by atoms with Gasteiger partial charge in [-0.25, -0.2) is 4.79 Å². The number of carbonyl (C=O) groups is 1. The zero-order valence-corrected chi connectivity index (χ0v) is 9.97. The molecule has 0 spiro atoms. The number of carbonyl (C=O) groups excluding carboxylic acids is 1. The number of amides is 2. The van der Waals surface area contributed by atoms with Crippen LogP contribution in [0.5, 0.6) is 0 Å². The highest BCUT2D eigenvalue weighted by atomic mass is 16.3. The van der Waals surface area contributed by atoms with Gasteiger partial charge >= 0.3 is 6.03 Å². The Balaban J connectivity index is 2.00. The van der Waals surface area contributed by atoms with E-state index in [1.807, 2.05) is 6.07 Å². The molecule has 18 heavy (non-hydrogen) atoms. The molecule has 1 fully saturated rings. The second-order valence-electron chi connectivity index (χ2n) is 4.29. The molecule has 1 atom stereocenters. The third kappa shape index (κ3) is 2.60. The largest absolute Gasteiger partial charge is 0.394 e. The maximum absolute atomic E-state index is 12.0. The minimum Gasteiger partial charge on any atom is -0.394 e. The minimum absolute atomic E-state index is 0.000784. The van der Waals surface area contributed by atoms with Gasteiger partial charge in [-0.15, -0.1) is 0 Å². The summed E-state index contributed by atoms with van der Waals surface area (Å²) in [7, 11) is 0. The number of benzene rings is 1. The first-order valence-electron chi connectivity index (χ1n) is 5.93. The lowest BCUT2D eigenvalue weighted by atomic mass is 10.2. The smallest absolute Gasteiger partial charge is 0.322 e. The van der Waals surface area contributed by atoms with Gasteiger partial charge in [-0.05, 0) is 37.1 Å². The molecule has 0 unspecified atom stereocenters. The Labute approximate surface area is 106 Å². The second kappa shape index (κ2) is 5.52. The normalized spacial score (nSPS) is 18.4. The summed E-state index contributed by atoms with van der Waals surface area (Å²) >= 11 is 0. The van der Waals surface area contributed by atoms with Crippen LogP contribution in [0.1, 0.15) is 18.4 Å². The first kappa shape index (κ1) is 12.4. The molecule has 0 aromatic heterocycles. The molecule has 0 bridgehead atoms. The molecule has 2 amide bonds. The third-order valence-corrected chi connectivity index (χ3v) is 3.11. The number of hydrogen-bond acceptors (Lipinski definition) is 3. The van der Waals surface area contributed by atoms with Crippen molar-refractivity contribution in [2.24, 2.45) is 0 Å². The van der Waals surface area contributed by atoms with Crippen LogP contribution in [0.4, 0.5) is 10.5 Å². The number of hydrogen-bond donors (Lipinski definition) is 2. The topological polar surface area (TPSA) is 76.4 Å². The number of nitriles is 1. The molecular formula is C13H15N3O2. The van der Waals surface area contributed by atoms with E-state index in [-0.39, 0.29) is 18.7 Å². The van der Waals surface area contributed by atoms with Crippen LogP contribution in [-0.2, 0) is 0 Å². The Morgan fingerprint density at radius 2 is 2.22 bits per heavy atom. The molecule has 1 aromatic carbocycles. The number of urea groups is 1. The van der Waals surface area contributed by atoms with Crippen LogP contribution in [0.25, 0.3) is 0 Å². The Hall–Kier alpha value is -2.06. The highest BCUT2D eigenvalue weighted by molar-refractivity contribution is 5.89. The van der Waals surface area contributed by atoms with Gasteiger partial charge in [0.2, 0.25) is 0 Å². The van der Waals surface area contributed by atoms with E-state index < -0.39 is 0 Å². The molecule has 1 aromatic rings. The first-order chi connectivity index (χ1) is 8.74. The molecule has 2 rings (SSSR count). The lowest BCUT2D eigenvalue weighted by molar-refractivity contribution is 0.166. The predicted octanol–water partition coefficient (Wildman–Crippen LogP) is 1.55. The average molecular weight is 245 g/mol. The molecule has 1 saturated heterocycles. The van der Waals surface area contributed by atoms with Gasteiger partial charge in [-0.3, -0.25) is 0 Å². The summed E-state index contributed by atoms with van der Waals surface area (Å²) in [4.78, 5) is 13.6. The zero-order valence-electron chi connectivity index (χ0n) is 9.97. The number of likely N-dealkylation sites (tertiary alicyclic amines) is 1. The van der Waals surface area contributed by atoms with Crippen molar-refractivity contribution in [2.45, 2.75) is 18.9 Å². The van der Waals surface area contributed by atoms with E-state index in [4.69, 9.17) is 10.4 Å². The van der Waals surface area contributed by atoms with Crippen LogP contribution in [0, 0.1) is 11.3 Å². The van der Waals surface area contributed by atoms with Crippen LogP contribution >= 0.6 is 0 Å². The summed E-state index contributed by atoms with van der Waals surface area (Å²) < 4.78 is 0. The molecule has 1 heterocycles. The fourth-order valence-corrected chi connectivity index (χ4v) is 2.12. The Kier molecular flexibility index (Phi) is 3.80. The summed E-state index contributed by atoms with van der Waals surface area (Å²) in [5.41, 5.74) is 1.21. The fourth-order valence-electron chi connectivity index (χ4n) is 2.12. The van der Waals surface area contributed by atoms with Gasteiger partial charge in [0, 0.05) is 12.2 Å². The lowest BCUT2D eigenvalue weighted by Gasteiger charge is -2.23. The van der Waals surface area contributed by atoms with Crippen molar-refractivity contribution >= 4 is 11.7 Å². The quantitative estimate of drug-likeness (QED) is 0.829. The first-order valence-corrected chi connectivity index (χ1v) is 5.93. The van der Waals surface area contributed by atoms with Crippen LogP contribution in [0.2, 0.25) is 0 Å². The Morgan fingerprint density at radius 1 is 1.50 bits per heavy atom. The number of rotatable bonds is 2. The van der Waals surface area contributed by atoms with Crippen LogP contribution < -0.4 is 5.32 Å². The molecule has 1 aliphatic heterocycles. The molecule has 0 radical (unpaired) electrons. The highest BCUT2D eigenvalue weighted by Crippen LogP contribution is 2.18. The lowest BCUT2D eigenvalue weighted by Crippen LogP contribution is -2.40. The standard InChI is InChI=1S/C13H15N3O2/c14-8-10-3-5-11(6-4-10)15-13(18)16-7-1-2-12(16)9-17/h3-6,12,17H,1-2,7,9H2,(H,15,18)/t12-/m1/s1. The molecule has 1 aliphatic rings. The van der Waals surface area contributed by atoms with Gasteiger partial charge in [-0.2, -0.15) is 5.26 Å². The summed E-state index contributed by atoms with van der Waals surface area (Å²) in [5, 5.41) is 20.6. The second-order valence-corrected chi connectivity index (χ2v) is 4.29. The van der Waals surface area contributed by atoms with Crippen molar-refractivity contribution in [2.75, 3.05) is 18.5 Å². The number of aliphatic hydroxyl groups is 1. The van der Waals surface area contributed by atoms with Gasteiger partial charge in [0.15, 0.2) is 0 Å². The van der Waals surface area contributed by atoms with Gasteiger partial charge in [0.1, 0.15) is 0 Å². The summed E-state index contributed by atoms with van der Waals surface area (Å²) in [5.74, 6) is 0. The molecule has 5 nitrogen and oxygen atoms in total. The predicted molar refractivity (Wildman–Crippen MR) is 67.0 cm³/mol. The Bertz CT molecular complexity index is 464. The summed E-state index contributed by atoms with van der Waals surface area (Å²) in [6.07, 6.45) is 1.77. The third-order valence-electron chi connectivity index (χ3n) is 3.11. The maximum Gasteiger partial charge on any atom is 0.322 e. The average Bonchev–Trinajstić information content (AvgIpc) is 2.88. The van der Waals surface area contributed by atoms with E-state index in [1.165, 1.54) is 0 Å². The van der Waals surface area contributed by atoms with Gasteiger partial charge in [-0.1, -0.05) is 0 Å². The molecule has 0 saturated carbocycles. The molecular weight excluding hydrogens is 230 g/mol. The van der Waals surface area contributed by atoms with E-state index in [2.05, 4.69) is 5.32 Å². The fraction of sp³-hybridized carbons (Fsp3) is 0.385. The van der Waals surface area contributed by atoms with Crippen molar-refractivity contribution < 1.29 is 9.90 Å². The van der Waals surface area contributed by atoms with E-state index in [1.54, 1.807) is 29.2 Å². The number of nitrogens with zero attached hydrogens (tertiary/aromatic N) is 2. The monoisotopic (exact) mass is 245 g/mol. The van der Waals surface area contributed by atoms with E-state index in [0.717, 1.165) is 12.8 Å². The molecule has 94 valence electrons. The van der Waals surface area contributed by atoms with Gasteiger partial charge in [0.05, 0.1) is 24.3 Å². The van der Waals surface area contributed by atoms with Crippen molar-refractivity contribution in [3.05, 3.63) is 29.8 Å². The number of anilines is 1. The van der Waals surface area contributed by atoms with E-state index >= 15 is 0 Å². The van der Waals surface area contributed by atoms with E-state index in [9.17, 15) is 4.79 Å². The maximum atomic E-state index is 12.0. The molecule has 2 N–H and O–H groups in total. The van der Waals surface area contributed by atoms with Crippen molar-refractivity contribution in [1.29, 1.82) is 5.26 Å². The van der Waals surface area contributed by atoms with Crippen molar-refractivity contribution in [3.63, 3.8) is 0 Å². The summed E-state index contributed by atoms with van der Waals surface area (Å²) in [6, 6.07) is 8.45. The van der Waals surface area contributed by atoms with Crippen molar-refractivity contribution in [3.8, 4) is 6.07 Å². The van der Waals surface area contributed by atoms with Crippen LogP contribution in [0.15, 0.2) is 24.3 Å². The molecule has 5 heteroatoms. The van der Waals surface area contributed by atoms with Gasteiger partial charge in [0.25, 0.3) is 0 Å². The Morgan fingerprint density at radius 3 is 2.83 bits per heavy atom. The van der Waals surface area contributed by atoms with Crippen LogP contribution in [0.3, 0.4) is 0 Å². The molecule has 0 aliphatic carbocycles. The number of nitrogens with one attached hydrogen (secondary N) is 1. The van der Waals surface area contributed by atoms with E-state index in [0.29, 0.717) is 17.8 Å². The van der Waals surface area contributed by atoms with Crippen molar-refractivity contribution in [1.82, 2.24) is 4.90 Å².